The number of hydrogen-bond donors (Lipinski definition) is 3. The van der Waals surface area contributed by atoms with Crippen molar-refractivity contribution in [2.24, 2.45) is 0 Å². The fourth-order valence-corrected chi connectivity index (χ4v) is 5.10. The van der Waals surface area contributed by atoms with Gasteiger partial charge < -0.3 is 29.8 Å². The summed E-state index contributed by atoms with van der Waals surface area (Å²) in [5, 5.41) is 24.7. The van der Waals surface area contributed by atoms with Crippen LogP contribution in [0, 0.1) is 10.1 Å². The number of carboxylic acid groups (broad SMARTS) is 1. The Kier molecular flexibility index (Phi) is 10.5. The molecule has 0 radical (unpaired) electrons. The summed E-state index contributed by atoms with van der Waals surface area (Å²) in [4.78, 5) is 52.2. The Balaban J connectivity index is 1.74. The summed E-state index contributed by atoms with van der Waals surface area (Å²) in [5.74, 6) is -1.57. The maximum Gasteiger partial charge on any atom is 0.387 e. The first-order chi connectivity index (χ1) is 21.9. The Labute approximate surface area is 261 Å². The summed E-state index contributed by atoms with van der Waals surface area (Å²) in [6, 6.07) is 13.8. The van der Waals surface area contributed by atoms with Crippen molar-refractivity contribution in [1.29, 1.82) is 0 Å². The molecule has 1 amide bonds. The Hall–Kier alpha value is -5.53. The number of carbonyl (C=O) groups excluding carboxylic acids is 1. The predicted molar refractivity (Wildman–Crippen MR) is 165 cm³/mol. The van der Waals surface area contributed by atoms with E-state index in [1.54, 1.807) is 42.5 Å². The van der Waals surface area contributed by atoms with Crippen molar-refractivity contribution < 1.29 is 37.9 Å². The van der Waals surface area contributed by atoms with Gasteiger partial charge in [0.05, 0.1) is 12.0 Å². The topological polar surface area (TPSA) is 164 Å². The van der Waals surface area contributed by atoms with E-state index in [9.17, 15) is 33.3 Å². The van der Waals surface area contributed by atoms with Crippen LogP contribution >= 0.6 is 0 Å². The lowest BCUT2D eigenvalue weighted by Gasteiger charge is -2.27. The first kappa shape index (κ1) is 33.4. The number of fused-ring (bicyclic) bond motifs is 1. The van der Waals surface area contributed by atoms with E-state index in [0.29, 0.717) is 34.2 Å². The third-order valence-corrected chi connectivity index (χ3v) is 7.50. The zero-order valence-electron chi connectivity index (χ0n) is 25.2. The minimum Gasteiger partial charge on any atom is -0.496 e. The highest BCUT2D eigenvalue weighted by Crippen LogP contribution is 2.34. The molecule has 242 valence electrons. The third kappa shape index (κ3) is 7.94. The zero-order chi connectivity index (χ0) is 33.5. The second-order valence-corrected chi connectivity index (χ2v) is 10.6. The SMILES string of the molecule is COc1cc(C(Nc2ccc3cc[nH]c(=O)c3c2)C(=O)N(C)Cc2cc([N+](=O)[O-])ccc2OC(F)F)ccc1[C@@H](C)CCC(=O)O. The van der Waals surface area contributed by atoms with Gasteiger partial charge in [0.25, 0.3) is 11.2 Å². The quantitative estimate of drug-likeness (QED) is 0.114. The van der Waals surface area contributed by atoms with Gasteiger partial charge >= 0.3 is 12.6 Å². The van der Waals surface area contributed by atoms with Crippen LogP contribution in [0.1, 0.15) is 48.4 Å². The summed E-state index contributed by atoms with van der Waals surface area (Å²) >= 11 is 0. The number of rotatable bonds is 14. The molecule has 0 spiro atoms. The van der Waals surface area contributed by atoms with Crippen molar-refractivity contribution in [2.45, 2.75) is 44.9 Å². The van der Waals surface area contributed by atoms with E-state index < -0.39 is 29.5 Å². The number of non-ortho nitro benzene ring substituents is 1. The van der Waals surface area contributed by atoms with E-state index in [2.05, 4.69) is 15.0 Å². The molecule has 0 aliphatic carbocycles. The number of nitrogens with one attached hydrogen (secondary N) is 2. The number of aromatic nitrogens is 1. The maximum atomic E-state index is 14.1. The first-order valence-electron chi connectivity index (χ1n) is 14.1. The summed E-state index contributed by atoms with van der Waals surface area (Å²) in [6.07, 6.45) is 1.83. The Morgan fingerprint density at radius 2 is 1.85 bits per heavy atom. The number of nitro benzene ring substituents is 1. The van der Waals surface area contributed by atoms with Crippen LogP contribution in [0.5, 0.6) is 11.5 Å². The van der Waals surface area contributed by atoms with Gasteiger partial charge in [-0.1, -0.05) is 25.1 Å². The largest absolute Gasteiger partial charge is 0.496 e. The molecule has 1 aromatic heterocycles. The van der Waals surface area contributed by atoms with Crippen molar-refractivity contribution in [3.63, 3.8) is 0 Å². The highest BCUT2D eigenvalue weighted by atomic mass is 19.3. The van der Waals surface area contributed by atoms with Crippen LogP contribution in [0.3, 0.4) is 0 Å². The van der Waals surface area contributed by atoms with Crippen LogP contribution in [0.4, 0.5) is 20.2 Å². The molecule has 1 unspecified atom stereocenters. The van der Waals surface area contributed by atoms with Gasteiger partial charge in [0.2, 0.25) is 5.91 Å². The molecule has 0 saturated carbocycles. The number of aliphatic carboxylic acids is 1. The Bertz CT molecular complexity index is 1810. The molecule has 14 heteroatoms. The second-order valence-electron chi connectivity index (χ2n) is 10.6. The maximum absolute atomic E-state index is 14.1. The molecule has 3 aromatic carbocycles. The van der Waals surface area contributed by atoms with Gasteiger partial charge in [-0.2, -0.15) is 8.78 Å². The zero-order valence-corrected chi connectivity index (χ0v) is 25.2. The molecule has 4 rings (SSSR count). The lowest BCUT2D eigenvalue weighted by molar-refractivity contribution is -0.385. The standard InChI is InChI=1S/C32H32F2N4O8/c1-18(4-11-28(39)40)24-9-6-20(15-27(24)45-3)29(36-22-7-5-19-12-13-35-30(41)25(19)16-22)31(42)37(2)17-21-14-23(38(43)44)8-10-26(21)46-32(33)34/h5-10,12-16,18,29,32,36H,4,11,17H2,1-3H3,(H,35,41)(H,39,40)/t18-,29?/m0/s1. The van der Waals surface area contributed by atoms with E-state index in [0.717, 1.165) is 23.8 Å². The van der Waals surface area contributed by atoms with E-state index in [1.165, 1.54) is 25.3 Å². The number of H-pyrrole nitrogens is 1. The molecular weight excluding hydrogens is 606 g/mol. The fraction of sp³-hybridized carbons (Fsp3) is 0.281. The molecule has 46 heavy (non-hydrogen) atoms. The van der Waals surface area contributed by atoms with Crippen molar-refractivity contribution in [3.05, 3.63) is 104 Å². The Morgan fingerprint density at radius 3 is 2.52 bits per heavy atom. The molecular formula is C32H32F2N4O8. The number of alkyl halides is 2. The number of carboxylic acids is 1. The summed E-state index contributed by atoms with van der Waals surface area (Å²) in [6.45, 7) is -1.66. The molecule has 4 aromatic rings. The molecule has 3 N–H and O–H groups in total. The van der Waals surface area contributed by atoms with E-state index >= 15 is 0 Å². The van der Waals surface area contributed by atoms with Crippen molar-refractivity contribution in [3.8, 4) is 11.5 Å². The number of likely N-dealkylation sites (N-methyl/N-ethyl adjacent to an activating group) is 1. The number of hydrogen-bond acceptors (Lipinski definition) is 8. The van der Waals surface area contributed by atoms with Gasteiger partial charge in [-0.3, -0.25) is 24.5 Å². The first-order valence-corrected chi connectivity index (χ1v) is 14.1. The van der Waals surface area contributed by atoms with Crippen LogP contribution in [-0.4, -0.2) is 52.6 Å². The van der Waals surface area contributed by atoms with Gasteiger partial charge in [0, 0.05) is 55.0 Å². The molecule has 0 saturated heterocycles. The molecule has 0 bridgehead atoms. The van der Waals surface area contributed by atoms with Crippen molar-refractivity contribution >= 4 is 34.0 Å². The van der Waals surface area contributed by atoms with Crippen LogP contribution in [-0.2, 0) is 16.1 Å². The minimum atomic E-state index is -3.20. The monoisotopic (exact) mass is 638 g/mol. The molecule has 1 heterocycles. The van der Waals surface area contributed by atoms with Gasteiger partial charge in [-0.25, -0.2) is 0 Å². The third-order valence-electron chi connectivity index (χ3n) is 7.50. The summed E-state index contributed by atoms with van der Waals surface area (Å²) in [5.41, 5.74) is 0.876. The van der Waals surface area contributed by atoms with Crippen LogP contribution in [0.15, 0.2) is 71.7 Å². The summed E-state index contributed by atoms with van der Waals surface area (Å²) in [7, 11) is 2.86. The van der Waals surface area contributed by atoms with Gasteiger partial charge in [0.15, 0.2) is 0 Å². The summed E-state index contributed by atoms with van der Waals surface area (Å²) < 4.78 is 36.4. The molecule has 0 aliphatic rings. The number of methoxy groups -OCH3 is 1. The predicted octanol–water partition coefficient (Wildman–Crippen LogP) is 5.83. The van der Waals surface area contributed by atoms with Gasteiger partial charge in [-0.15, -0.1) is 0 Å². The van der Waals surface area contributed by atoms with E-state index in [4.69, 9.17) is 9.84 Å². The van der Waals surface area contributed by atoms with Crippen LogP contribution < -0.4 is 20.3 Å². The van der Waals surface area contributed by atoms with Crippen molar-refractivity contribution in [1.82, 2.24) is 9.88 Å². The number of anilines is 1. The number of benzene rings is 3. The number of pyridine rings is 1. The van der Waals surface area contributed by atoms with Gasteiger partial charge in [0.1, 0.15) is 17.5 Å². The number of carbonyl (C=O) groups is 2. The average molecular weight is 639 g/mol. The number of ether oxygens (including phenoxy) is 2. The van der Waals surface area contributed by atoms with E-state index in [1.807, 2.05) is 6.92 Å². The van der Waals surface area contributed by atoms with Crippen molar-refractivity contribution in [2.75, 3.05) is 19.5 Å². The van der Waals surface area contributed by atoms with Crippen LogP contribution in [0.25, 0.3) is 10.8 Å². The lowest BCUT2D eigenvalue weighted by Crippen LogP contribution is -2.35. The number of amides is 1. The number of halogens is 2. The van der Waals surface area contributed by atoms with E-state index in [-0.39, 0.29) is 41.4 Å². The highest BCUT2D eigenvalue weighted by molar-refractivity contribution is 5.89. The average Bonchev–Trinajstić information content (AvgIpc) is 3.02. The lowest BCUT2D eigenvalue weighted by atomic mass is 9.92. The number of nitrogens with zero attached hydrogens (tertiary/aromatic N) is 2. The van der Waals surface area contributed by atoms with Crippen LogP contribution in [0.2, 0.25) is 0 Å². The molecule has 0 aliphatic heterocycles. The second kappa shape index (κ2) is 14.5. The normalized spacial score (nSPS) is 12.4. The van der Waals surface area contributed by atoms with Gasteiger partial charge in [-0.05, 0) is 59.2 Å². The molecule has 2 atom stereocenters. The highest BCUT2D eigenvalue weighted by Gasteiger charge is 2.28. The minimum absolute atomic E-state index is 0.0125. The molecule has 12 nitrogen and oxygen atoms in total. The fourth-order valence-electron chi connectivity index (χ4n) is 5.10. The number of aromatic amines is 1. The Morgan fingerprint density at radius 1 is 1.09 bits per heavy atom. The number of nitro groups is 1. The smallest absolute Gasteiger partial charge is 0.387 e. The molecule has 0 fully saturated rings.